The molecule has 3 heteroatoms. The van der Waals surface area contributed by atoms with Gasteiger partial charge in [-0.2, -0.15) is 0 Å². The first-order chi connectivity index (χ1) is 6.38. The topological polar surface area (TPSA) is 30.2 Å². The SMILES string of the molecule is CC(C)(C)CCC(=O)c1ccc(Br)o1. The van der Waals surface area contributed by atoms with Gasteiger partial charge in [0.05, 0.1) is 0 Å². The lowest BCUT2D eigenvalue weighted by molar-refractivity contribution is 0.0937. The van der Waals surface area contributed by atoms with E-state index in [0.717, 1.165) is 6.42 Å². The lowest BCUT2D eigenvalue weighted by Gasteiger charge is -2.16. The predicted molar refractivity (Wildman–Crippen MR) is 59.4 cm³/mol. The Labute approximate surface area is 92.8 Å². The Kier molecular flexibility index (Phi) is 3.53. The Balaban J connectivity index is 2.52. The quantitative estimate of drug-likeness (QED) is 0.766. The van der Waals surface area contributed by atoms with Gasteiger partial charge >= 0.3 is 0 Å². The van der Waals surface area contributed by atoms with E-state index in [0.29, 0.717) is 16.9 Å². The molecule has 0 aliphatic heterocycles. The molecule has 0 radical (unpaired) electrons. The molecule has 0 aliphatic rings. The van der Waals surface area contributed by atoms with Crippen molar-refractivity contribution < 1.29 is 9.21 Å². The summed E-state index contributed by atoms with van der Waals surface area (Å²) in [6.07, 6.45) is 1.42. The van der Waals surface area contributed by atoms with Crippen molar-refractivity contribution in [1.82, 2.24) is 0 Å². The van der Waals surface area contributed by atoms with Gasteiger partial charge in [0.15, 0.2) is 16.2 Å². The van der Waals surface area contributed by atoms with Crippen LogP contribution in [-0.2, 0) is 0 Å². The summed E-state index contributed by atoms with van der Waals surface area (Å²) in [7, 11) is 0. The predicted octanol–water partition coefficient (Wildman–Crippen LogP) is 4.05. The largest absolute Gasteiger partial charge is 0.446 e. The van der Waals surface area contributed by atoms with Crippen LogP contribution in [0.1, 0.15) is 44.2 Å². The van der Waals surface area contributed by atoms with Crippen LogP contribution in [0.2, 0.25) is 0 Å². The van der Waals surface area contributed by atoms with Gasteiger partial charge in [-0.3, -0.25) is 4.79 Å². The highest BCUT2D eigenvalue weighted by Crippen LogP contribution is 2.23. The molecule has 0 N–H and O–H groups in total. The molecule has 0 saturated carbocycles. The number of rotatable bonds is 3. The number of furan rings is 1. The number of carbonyl (C=O) groups excluding carboxylic acids is 1. The van der Waals surface area contributed by atoms with Crippen LogP contribution in [0.4, 0.5) is 0 Å². The fraction of sp³-hybridized carbons (Fsp3) is 0.545. The minimum Gasteiger partial charge on any atom is -0.446 e. The Hall–Kier alpha value is -0.570. The first kappa shape index (κ1) is 11.5. The van der Waals surface area contributed by atoms with Crippen LogP contribution in [0.5, 0.6) is 0 Å². The van der Waals surface area contributed by atoms with Crippen molar-refractivity contribution in [2.75, 3.05) is 0 Å². The molecule has 0 fully saturated rings. The van der Waals surface area contributed by atoms with E-state index in [4.69, 9.17) is 4.42 Å². The molecule has 2 nitrogen and oxygen atoms in total. The molecule has 0 saturated heterocycles. The minimum atomic E-state index is 0.0747. The second-order valence-electron chi connectivity index (χ2n) is 4.59. The summed E-state index contributed by atoms with van der Waals surface area (Å²) < 4.78 is 5.79. The smallest absolute Gasteiger partial charge is 0.198 e. The number of hydrogen-bond donors (Lipinski definition) is 0. The molecule has 0 spiro atoms. The minimum absolute atomic E-state index is 0.0747. The molecule has 0 bridgehead atoms. The highest BCUT2D eigenvalue weighted by atomic mass is 79.9. The first-order valence-electron chi connectivity index (χ1n) is 4.67. The Morgan fingerprint density at radius 3 is 2.50 bits per heavy atom. The van der Waals surface area contributed by atoms with Crippen molar-refractivity contribution in [3.05, 3.63) is 22.6 Å². The number of halogens is 1. The fourth-order valence-corrected chi connectivity index (χ4v) is 1.38. The van der Waals surface area contributed by atoms with Crippen LogP contribution >= 0.6 is 15.9 Å². The van der Waals surface area contributed by atoms with Gasteiger partial charge in [-0.05, 0) is 39.9 Å². The van der Waals surface area contributed by atoms with Crippen molar-refractivity contribution in [3.63, 3.8) is 0 Å². The molecule has 78 valence electrons. The second-order valence-corrected chi connectivity index (χ2v) is 5.37. The van der Waals surface area contributed by atoms with Gasteiger partial charge < -0.3 is 4.42 Å². The van der Waals surface area contributed by atoms with Crippen molar-refractivity contribution in [2.45, 2.75) is 33.6 Å². The number of carbonyl (C=O) groups is 1. The number of hydrogen-bond acceptors (Lipinski definition) is 2. The third-order valence-corrected chi connectivity index (χ3v) is 2.38. The van der Waals surface area contributed by atoms with Crippen molar-refractivity contribution in [3.8, 4) is 0 Å². The van der Waals surface area contributed by atoms with Crippen LogP contribution in [0.15, 0.2) is 21.2 Å². The summed E-state index contributed by atoms with van der Waals surface area (Å²) >= 11 is 3.17. The molecule has 1 aromatic rings. The van der Waals surface area contributed by atoms with E-state index in [1.165, 1.54) is 0 Å². The zero-order valence-electron chi connectivity index (χ0n) is 8.76. The van der Waals surface area contributed by atoms with Crippen molar-refractivity contribution in [2.24, 2.45) is 5.41 Å². The third kappa shape index (κ3) is 3.66. The standard InChI is InChI=1S/C11H15BrO2/c1-11(2,3)7-6-8(13)9-4-5-10(12)14-9/h4-5H,6-7H2,1-3H3. The van der Waals surface area contributed by atoms with Gasteiger partial charge in [0.25, 0.3) is 0 Å². The van der Waals surface area contributed by atoms with E-state index in [1.54, 1.807) is 12.1 Å². The van der Waals surface area contributed by atoms with E-state index in [-0.39, 0.29) is 11.2 Å². The summed E-state index contributed by atoms with van der Waals surface area (Å²) in [5.41, 5.74) is 0.194. The fourth-order valence-electron chi connectivity index (χ4n) is 1.08. The van der Waals surface area contributed by atoms with E-state index < -0.39 is 0 Å². The maximum atomic E-state index is 11.6. The van der Waals surface area contributed by atoms with Crippen LogP contribution < -0.4 is 0 Å². The lowest BCUT2D eigenvalue weighted by atomic mass is 9.89. The van der Waals surface area contributed by atoms with Crippen LogP contribution in [0.3, 0.4) is 0 Å². The second kappa shape index (κ2) is 4.30. The molecule has 0 aromatic carbocycles. The van der Waals surface area contributed by atoms with Gasteiger partial charge in [-0.15, -0.1) is 0 Å². The number of Topliss-reactive ketones (excluding diaryl/α,β-unsaturated/α-hetero) is 1. The van der Waals surface area contributed by atoms with E-state index in [9.17, 15) is 4.79 Å². The maximum absolute atomic E-state index is 11.6. The molecular formula is C11H15BrO2. The molecule has 0 atom stereocenters. The summed E-state index contributed by atoms with van der Waals surface area (Å²) in [6.45, 7) is 6.37. The lowest BCUT2D eigenvalue weighted by Crippen LogP contribution is -2.08. The summed E-state index contributed by atoms with van der Waals surface area (Å²) in [6, 6.07) is 3.44. The highest BCUT2D eigenvalue weighted by Gasteiger charge is 2.16. The Morgan fingerprint density at radius 2 is 2.07 bits per heavy atom. The van der Waals surface area contributed by atoms with Gasteiger partial charge in [0, 0.05) is 6.42 Å². The molecule has 1 rings (SSSR count). The van der Waals surface area contributed by atoms with Crippen LogP contribution in [-0.4, -0.2) is 5.78 Å². The summed E-state index contributed by atoms with van der Waals surface area (Å²) in [4.78, 5) is 11.6. The van der Waals surface area contributed by atoms with Gasteiger partial charge in [-0.1, -0.05) is 20.8 Å². The van der Waals surface area contributed by atoms with Gasteiger partial charge in [-0.25, -0.2) is 0 Å². The Morgan fingerprint density at radius 1 is 1.43 bits per heavy atom. The molecule has 0 amide bonds. The summed E-state index contributed by atoms with van der Waals surface area (Å²) in [5.74, 6) is 0.520. The zero-order valence-corrected chi connectivity index (χ0v) is 10.3. The van der Waals surface area contributed by atoms with Crippen LogP contribution in [0, 0.1) is 5.41 Å². The monoisotopic (exact) mass is 258 g/mol. The first-order valence-corrected chi connectivity index (χ1v) is 5.46. The van der Waals surface area contributed by atoms with Crippen molar-refractivity contribution >= 4 is 21.7 Å². The van der Waals surface area contributed by atoms with Crippen molar-refractivity contribution in [1.29, 1.82) is 0 Å². The molecule has 0 unspecified atom stereocenters. The maximum Gasteiger partial charge on any atom is 0.198 e. The van der Waals surface area contributed by atoms with E-state index in [1.807, 2.05) is 0 Å². The van der Waals surface area contributed by atoms with Gasteiger partial charge in [0.1, 0.15) is 0 Å². The third-order valence-electron chi connectivity index (χ3n) is 1.95. The molecule has 0 aliphatic carbocycles. The normalized spacial score (nSPS) is 11.7. The highest BCUT2D eigenvalue weighted by molar-refractivity contribution is 9.10. The average Bonchev–Trinajstić information content (AvgIpc) is 2.46. The Bertz CT molecular complexity index is 320. The molecule has 14 heavy (non-hydrogen) atoms. The van der Waals surface area contributed by atoms with Crippen LogP contribution in [0.25, 0.3) is 0 Å². The number of ketones is 1. The zero-order chi connectivity index (χ0) is 10.8. The average molecular weight is 259 g/mol. The molecular weight excluding hydrogens is 244 g/mol. The molecule has 1 aromatic heterocycles. The van der Waals surface area contributed by atoms with E-state index in [2.05, 4.69) is 36.7 Å². The summed E-state index contributed by atoms with van der Waals surface area (Å²) in [5, 5.41) is 0. The van der Waals surface area contributed by atoms with E-state index >= 15 is 0 Å². The van der Waals surface area contributed by atoms with Gasteiger partial charge in [0.2, 0.25) is 0 Å². The molecule has 1 heterocycles.